The van der Waals surface area contributed by atoms with Crippen molar-refractivity contribution in [3.05, 3.63) is 0 Å². The zero-order chi connectivity index (χ0) is 4.28. The van der Waals surface area contributed by atoms with E-state index in [9.17, 15) is 3.02 Å². The number of hydrogen-bond donors (Lipinski definition) is 0. The molecular formula is C3H7OSb. The monoisotopic (exact) mass is 180 g/mol. The van der Waals surface area contributed by atoms with Crippen LogP contribution in [0.15, 0.2) is 0 Å². The molecule has 2 heteroatoms. The van der Waals surface area contributed by atoms with E-state index in [1.807, 2.05) is 13.8 Å². The fourth-order valence-electron chi connectivity index (χ4n) is 0. The summed E-state index contributed by atoms with van der Waals surface area (Å²) >= 11 is -0.978. The van der Waals surface area contributed by atoms with Crippen LogP contribution in [-0.4, -0.2) is 21.6 Å². The molecule has 0 N–H and O–H groups in total. The van der Waals surface area contributed by atoms with Crippen molar-refractivity contribution in [3.63, 3.8) is 0 Å². The number of rotatable bonds is 1. The maximum atomic E-state index is 9.78. The average molecular weight is 181 g/mol. The Morgan fingerprint density at radius 2 is 1.80 bits per heavy atom. The van der Waals surface area contributed by atoms with Crippen LogP contribution < -0.4 is 0 Å². The molecule has 0 aliphatic heterocycles. The number of hydrogen-bond acceptors (Lipinski definition) is 1. The van der Waals surface area contributed by atoms with E-state index < -0.39 is 21.6 Å². The van der Waals surface area contributed by atoms with Gasteiger partial charge in [0.25, 0.3) is 0 Å². The van der Waals surface area contributed by atoms with Gasteiger partial charge in [-0.2, -0.15) is 0 Å². The summed E-state index contributed by atoms with van der Waals surface area (Å²) in [7, 11) is 0. The van der Waals surface area contributed by atoms with Gasteiger partial charge in [0.2, 0.25) is 0 Å². The van der Waals surface area contributed by atoms with Gasteiger partial charge in [-0.05, 0) is 0 Å². The van der Waals surface area contributed by atoms with Crippen molar-refractivity contribution in [3.8, 4) is 0 Å². The molecule has 0 atom stereocenters. The van der Waals surface area contributed by atoms with Crippen molar-refractivity contribution in [1.29, 1.82) is 0 Å². The van der Waals surface area contributed by atoms with E-state index in [4.69, 9.17) is 0 Å². The van der Waals surface area contributed by atoms with Gasteiger partial charge in [-0.15, -0.1) is 0 Å². The normalized spacial score (nSPS) is 8.60. The Kier molecular flexibility index (Phi) is 3.19. The first-order valence-corrected chi connectivity index (χ1v) is 4.11. The van der Waals surface area contributed by atoms with Gasteiger partial charge in [-0.3, -0.25) is 0 Å². The summed E-state index contributed by atoms with van der Waals surface area (Å²) in [5, 5.41) is 0. The van der Waals surface area contributed by atoms with Crippen LogP contribution in [0.2, 0.25) is 3.86 Å². The Morgan fingerprint density at radius 1 is 1.60 bits per heavy atom. The fraction of sp³-hybridized carbons (Fsp3) is 1.00. The van der Waals surface area contributed by atoms with E-state index in [2.05, 4.69) is 0 Å². The van der Waals surface area contributed by atoms with Crippen LogP contribution in [0, 0.1) is 0 Å². The van der Waals surface area contributed by atoms with E-state index in [1.54, 1.807) is 0 Å². The van der Waals surface area contributed by atoms with Crippen LogP contribution in [0.1, 0.15) is 13.8 Å². The van der Waals surface area contributed by atoms with Crippen molar-refractivity contribution < 1.29 is 3.02 Å². The molecule has 0 aromatic heterocycles. The van der Waals surface area contributed by atoms with Crippen LogP contribution in [0.3, 0.4) is 0 Å². The van der Waals surface area contributed by atoms with E-state index in [-0.39, 0.29) is 0 Å². The molecule has 0 aromatic carbocycles. The van der Waals surface area contributed by atoms with Gasteiger partial charge >= 0.3 is 42.3 Å². The summed E-state index contributed by atoms with van der Waals surface area (Å²) in [5.41, 5.74) is 0. The molecule has 0 heterocycles. The molecule has 0 unspecified atom stereocenters. The summed E-state index contributed by atoms with van der Waals surface area (Å²) in [4.78, 5) is 0. The van der Waals surface area contributed by atoms with Gasteiger partial charge in [0, 0.05) is 0 Å². The second kappa shape index (κ2) is 2.83. The molecule has 0 aliphatic carbocycles. The van der Waals surface area contributed by atoms with Gasteiger partial charge < -0.3 is 0 Å². The molecule has 0 saturated heterocycles. The zero-order valence-electron chi connectivity index (χ0n) is 3.43. The molecule has 5 heavy (non-hydrogen) atoms. The van der Waals surface area contributed by atoms with Crippen molar-refractivity contribution in [2.45, 2.75) is 17.7 Å². The molecule has 0 aliphatic rings. The van der Waals surface area contributed by atoms with Crippen molar-refractivity contribution >= 4 is 21.6 Å². The van der Waals surface area contributed by atoms with Crippen molar-refractivity contribution in [2.24, 2.45) is 0 Å². The molecule has 0 spiro atoms. The topological polar surface area (TPSA) is 17.1 Å². The Bertz CT molecular complexity index is 33.9. The molecule has 30 valence electrons. The molecule has 0 saturated carbocycles. The molecule has 0 amide bonds. The summed E-state index contributed by atoms with van der Waals surface area (Å²) in [6.45, 7) is 3.95. The van der Waals surface area contributed by atoms with E-state index in [1.165, 1.54) is 0 Å². The summed E-state index contributed by atoms with van der Waals surface area (Å²) < 4.78 is 10.3. The first-order valence-electron chi connectivity index (χ1n) is 1.60. The third-order valence-electron chi connectivity index (χ3n) is 0.211. The summed E-state index contributed by atoms with van der Waals surface area (Å²) in [5.74, 6) is 0. The third kappa shape index (κ3) is 4.62. The Balaban J connectivity index is 2.83. The first-order chi connectivity index (χ1) is 2.27. The van der Waals surface area contributed by atoms with Crippen LogP contribution in [-0.2, 0) is 3.02 Å². The molecule has 0 radical (unpaired) electrons. The van der Waals surface area contributed by atoms with Crippen molar-refractivity contribution in [2.75, 3.05) is 0 Å². The van der Waals surface area contributed by atoms with Crippen LogP contribution >= 0.6 is 0 Å². The SMILES string of the molecule is C[CH](C)[Sb]=[O]. The zero-order valence-corrected chi connectivity index (χ0v) is 5.99. The predicted octanol–water partition coefficient (Wildman–Crippen LogP) is 0.864. The molecule has 1 nitrogen and oxygen atoms in total. The van der Waals surface area contributed by atoms with Gasteiger partial charge in [0.15, 0.2) is 0 Å². The van der Waals surface area contributed by atoms with E-state index >= 15 is 0 Å². The molecular weight excluding hydrogens is 174 g/mol. The van der Waals surface area contributed by atoms with Gasteiger partial charge in [-0.25, -0.2) is 0 Å². The second-order valence-corrected chi connectivity index (χ2v) is 4.75. The minimum atomic E-state index is -0.978. The van der Waals surface area contributed by atoms with Crippen LogP contribution in [0.25, 0.3) is 0 Å². The molecule has 0 fully saturated rings. The molecule has 0 rings (SSSR count). The average Bonchev–Trinajstić information content (AvgIpc) is 1.38. The maximum absolute atomic E-state index is 9.78. The fourth-order valence-corrected chi connectivity index (χ4v) is 0. The minimum absolute atomic E-state index is 0.479. The standard InChI is InChI=1S/C3H7.O.Sb/c1-3-2;;/h3H,1-2H3;;. The predicted molar refractivity (Wildman–Crippen MR) is 21.5 cm³/mol. The molecule has 0 bridgehead atoms. The molecule has 0 aromatic rings. The van der Waals surface area contributed by atoms with Gasteiger partial charge in [0.1, 0.15) is 0 Å². The first kappa shape index (κ1) is 5.62. The summed E-state index contributed by atoms with van der Waals surface area (Å²) in [6, 6.07) is 0. The van der Waals surface area contributed by atoms with Crippen LogP contribution in [0.4, 0.5) is 0 Å². The Labute approximate surface area is 42.7 Å². The Hall–Kier alpha value is 0.618. The quantitative estimate of drug-likeness (QED) is 0.548. The van der Waals surface area contributed by atoms with E-state index in [0.717, 1.165) is 0 Å². The second-order valence-electron chi connectivity index (χ2n) is 1.20. The van der Waals surface area contributed by atoms with Gasteiger partial charge in [-0.1, -0.05) is 0 Å². The van der Waals surface area contributed by atoms with Crippen LogP contribution in [0.5, 0.6) is 0 Å². The van der Waals surface area contributed by atoms with Gasteiger partial charge in [0.05, 0.1) is 0 Å². The Morgan fingerprint density at radius 3 is 1.80 bits per heavy atom. The van der Waals surface area contributed by atoms with E-state index in [0.29, 0.717) is 3.86 Å². The third-order valence-corrected chi connectivity index (χ3v) is 1.41. The summed E-state index contributed by atoms with van der Waals surface area (Å²) in [6.07, 6.45) is 0. The van der Waals surface area contributed by atoms with Crippen molar-refractivity contribution in [1.82, 2.24) is 0 Å².